The second-order valence-corrected chi connectivity index (χ2v) is 5.28. The van der Waals surface area contributed by atoms with Crippen LogP contribution in [0.5, 0.6) is 0 Å². The van der Waals surface area contributed by atoms with Crippen LogP contribution in [-0.2, 0) is 4.57 Å². The van der Waals surface area contributed by atoms with Gasteiger partial charge in [-0.25, -0.2) is 0 Å². The Balaban J connectivity index is 3.57. The molecule has 1 N–H and O–H groups in total. The Morgan fingerprint density at radius 1 is 1.00 bits per heavy atom. The predicted molar refractivity (Wildman–Crippen MR) is 61.9 cm³/mol. The highest BCUT2D eigenvalue weighted by molar-refractivity contribution is 7.38. The summed E-state index contributed by atoms with van der Waals surface area (Å²) < 4.78 is 11.0. The minimum atomic E-state index is -1.95. The van der Waals surface area contributed by atoms with Gasteiger partial charge >= 0.3 is 8.03 Å². The summed E-state index contributed by atoms with van der Waals surface area (Å²) in [4.78, 5) is 9.10. The Morgan fingerprint density at radius 3 is 2.07 bits per heavy atom. The summed E-state index contributed by atoms with van der Waals surface area (Å²) in [6.45, 7) is 4.31. The van der Waals surface area contributed by atoms with E-state index in [4.69, 9.17) is 4.89 Å². The molecular weight excluding hydrogens is 195 g/mol. The number of rotatable bonds is 9. The van der Waals surface area contributed by atoms with E-state index in [0.29, 0.717) is 0 Å². The summed E-state index contributed by atoms with van der Waals surface area (Å²) in [7, 11) is -1.95. The molecule has 0 spiro atoms. The summed E-state index contributed by atoms with van der Waals surface area (Å²) >= 11 is 0. The normalized spacial score (nSPS) is 14.1. The molecule has 0 amide bonds. The van der Waals surface area contributed by atoms with Crippen LogP contribution in [0.1, 0.15) is 65.2 Å². The zero-order valence-corrected chi connectivity index (χ0v) is 10.4. The van der Waals surface area contributed by atoms with Gasteiger partial charge in [0, 0.05) is 0 Å². The zero-order chi connectivity index (χ0) is 10.8. The van der Waals surface area contributed by atoms with Crippen LogP contribution in [0.3, 0.4) is 0 Å². The molecule has 0 radical (unpaired) electrons. The van der Waals surface area contributed by atoms with E-state index in [9.17, 15) is 4.57 Å². The predicted octanol–water partition coefficient (Wildman–Crippen LogP) is 4.25. The van der Waals surface area contributed by atoms with Crippen molar-refractivity contribution >= 4 is 8.03 Å². The van der Waals surface area contributed by atoms with Crippen molar-refractivity contribution in [2.45, 2.75) is 70.9 Å². The molecule has 0 saturated carbocycles. The smallest absolute Gasteiger partial charge is 0.161 e. The van der Waals surface area contributed by atoms with Gasteiger partial charge in [-0.3, -0.25) is 0 Å². The Bertz CT molecular complexity index is 148. The van der Waals surface area contributed by atoms with Gasteiger partial charge in [-0.2, -0.15) is 4.89 Å². The molecule has 14 heavy (non-hydrogen) atoms. The Kier molecular flexibility index (Phi) is 9.65. The van der Waals surface area contributed by atoms with E-state index in [1.807, 2.05) is 0 Å². The van der Waals surface area contributed by atoms with Crippen LogP contribution in [-0.4, -0.2) is 10.6 Å². The van der Waals surface area contributed by atoms with E-state index in [2.05, 4.69) is 13.8 Å². The second kappa shape index (κ2) is 9.61. The molecule has 0 aliphatic rings. The average Bonchev–Trinajstić information content (AvgIpc) is 2.16. The zero-order valence-electron chi connectivity index (χ0n) is 9.54. The maximum absolute atomic E-state index is 11.0. The monoisotopic (exact) mass is 219 g/mol. The van der Waals surface area contributed by atoms with Gasteiger partial charge in [0.15, 0.2) is 5.66 Å². The minimum absolute atomic E-state index is 0.0572. The van der Waals surface area contributed by atoms with Crippen LogP contribution >= 0.6 is 8.03 Å². The maximum Gasteiger partial charge on any atom is 0.508 e. The van der Waals surface area contributed by atoms with E-state index in [0.717, 1.165) is 32.1 Å². The van der Waals surface area contributed by atoms with Crippen LogP contribution in [0, 0.1) is 0 Å². The Hall–Kier alpha value is 0.0600. The van der Waals surface area contributed by atoms with Crippen LogP contribution in [0.15, 0.2) is 0 Å². The second-order valence-electron chi connectivity index (χ2n) is 3.95. The molecule has 0 saturated heterocycles. The van der Waals surface area contributed by atoms with Crippen LogP contribution in [0.25, 0.3) is 0 Å². The van der Waals surface area contributed by atoms with Crippen molar-refractivity contribution in [2.24, 2.45) is 0 Å². The molecule has 0 aromatic carbocycles. The highest BCUT2D eigenvalue weighted by Crippen LogP contribution is 2.31. The van der Waals surface area contributed by atoms with E-state index in [-0.39, 0.29) is 5.66 Å². The van der Waals surface area contributed by atoms with Gasteiger partial charge in [-0.1, -0.05) is 39.5 Å². The summed E-state index contributed by atoms with van der Waals surface area (Å²) in [5.41, 5.74) is 0.0572. The maximum atomic E-state index is 11.0. The summed E-state index contributed by atoms with van der Waals surface area (Å²) in [5.74, 6) is 0. The van der Waals surface area contributed by atoms with Crippen molar-refractivity contribution in [3.8, 4) is 0 Å². The molecule has 0 aromatic heterocycles. The topological polar surface area (TPSA) is 37.3 Å². The van der Waals surface area contributed by atoms with Crippen molar-refractivity contribution in [3.05, 3.63) is 0 Å². The number of unbranched alkanes of at least 4 members (excludes halogenated alkanes) is 4. The van der Waals surface area contributed by atoms with Gasteiger partial charge in [0.05, 0.1) is 0 Å². The SMILES string of the molecule is CCCCCCC(CCCC)[P+](=O)O. The fourth-order valence-electron chi connectivity index (χ4n) is 1.61. The van der Waals surface area contributed by atoms with Crippen molar-refractivity contribution in [3.63, 3.8) is 0 Å². The van der Waals surface area contributed by atoms with Gasteiger partial charge in [0.1, 0.15) is 0 Å². The molecule has 0 aliphatic carbocycles. The highest BCUT2D eigenvalue weighted by atomic mass is 31.1. The molecule has 0 rings (SSSR count). The minimum Gasteiger partial charge on any atom is -0.161 e. The fraction of sp³-hybridized carbons (Fsp3) is 1.00. The lowest BCUT2D eigenvalue weighted by molar-refractivity contribution is 0.466. The lowest BCUT2D eigenvalue weighted by atomic mass is 10.1. The van der Waals surface area contributed by atoms with Crippen LogP contribution in [0.4, 0.5) is 0 Å². The number of hydrogen-bond donors (Lipinski definition) is 1. The first-order chi connectivity index (χ1) is 6.72. The molecule has 0 fully saturated rings. The molecule has 84 valence electrons. The van der Waals surface area contributed by atoms with E-state index < -0.39 is 8.03 Å². The molecule has 0 heterocycles. The fourth-order valence-corrected chi connectivity index (χ4v) is 2.42. The third-order valence-corrected chi connectivity index (χ3v) is 3.74. The van der Waals surface area contributed by atoms with Gasteiger partial charge in [-0.15, -0.1) is 0 Å². The highest BCUT2D eigenvalue weighted by Gasteiger charge is 2.27. The summed E-state index contributed by atoms with van der Waals surface area (Å²) in [6.07, 6.45) is 8.87. The first-order valence-corrected chi connectivity index (χ1v) is 7.15. The van der Waals surface area contributed by atoms with E-state index in [1.165, 1.54) is 19.3 Å². The summed E-state index contributed by atoms with van der Waals surface area (Å²) in [5, 5.41) is 0. The molecule has 0 bridgehead atoms. The Labute approximate surface area is 89.0 Å². The van der Waals surface area contributed by atoms with Crippen LogP contribution in [0.2, 0.25) is 0 Å². The molecule has 2 nitrogen and oxygen atoms in total. The Morgan fingerprint density at radius 2 is 1.57 bits per heavy atom. The third kappa shape index (κ3) is 7.46. The average molecular weight is 219 g/mol. The van der Waals surface area contributed by atoms with Crippen molar-refractivity contribution in [2.75, 3.05) is 0 Å². The van der Waals surface area contributed by atoms with Crippen LogP contribution < -0.4 is 0 Å². The molecule has 0 aliphatic heterocycles. The van der Waals surface area contributed by atoms with Crippen molar-refractivity contribution in [1.29, 1.82) is 0 Å². The van der Waals surface area contributed by atoms with Gasteiger partial charge in [0.25, 0.3) is 0 Å². The van der Waals surface area contributed by atoms with E-state index in [1.54, 1.807) is 0 Å². The van der Waals surface area contributed by atoms with E-state index >= 15 is 0 Å². The largest absolute Gasteiger partial charge is 0.508 e. The first kappa shape index (κ1) is 14.1. The molecule has 0 aromatic rings. The standard InChI is InChI=1S/C11H23O2P/c1-3-5-7-8-10-11(14(12)13)9-6-4-2/h11H,3-10H2,1-2H3/p+1. The molecule has 2 unspecified atom stereocenters. The van der Waals surface area contributed by atoms with Gasteiger partial charge < -0.3 is 0 Å². The molecule has 2 atom stereocenters. The molecular formula is C11H24O2P+. The molecule has 3 heteroatoms. The quantitative estimate of drug-likeness (QED) is 0.465. The van der Waals surface area contributed by atoms with Crippen molar-refractivity contribution < 1.29 is 9.46 Å². The number of hydrogen-bond acceptors (Lipinski definition) is 1. The first-order valence-electron chi connectivity index (χ1n) is 5.87. The third-order valence-electron chi connectivity index (χ3n) is 2.59. The summed E-state index contributed by atoms with van der Waals surface area (Å²) in [6, 6.07) is 0. The van der Waals surface area contributed by atoms with Gasteiger partial charge in [-0.05, 0) is 30.2 Å². The van der Waals surface area contributed by atoms with Gasteiger partial charge in [0.2, 0.25) is 0 Å². The van der Waals surface area contributed by atoms with Crippen molar-refractivity contribution in [1.82, 2.24) is 0 Å². The lowest BCUT2D eigenvalue weighted by Gasteiger charge is -2.03. The lowest BCUT2D eigenvalue weighted by Crippen LogP contribution is -2.02.